The van der Waals surface area contributed by atoms with Crippen LogP contribution in [0.1, 0.15) is 0 Å². The number of hydrogen-bond donors (Lipinski definition) is 1. The summed E-state index contributed by atoms with van der Waals surface area (Å²) < 4.78 is 53.1. The third-order valence-corrected chi connectivity index (χ3v) is 5.42. The average Bonchev–Trinajstić information content (AvgIpc) is 2.47. The van der Waals surface area contributed by atoms with E-state index in [1.165, 1.54) is 12.1 Å². The fourth-order valence-corrected chi connectivity index (χ4v) is 4.10. The van der Waals surface area contributed by atoms with E-state index >= 15 is 0 Å². The first kappa shape index (κ1) is 18.4. The molecular formula is C14H10Cl2F2N2O3S. The quantitative estimate of drug-likeness (QED) is 0.846. The van der Waals surface area contributed by atoms with Crippen LogP contribution in [0.15, 0.2) is 41.3 Å². The highest BCUT2D eigenvalue weighted by atomic mass is 35.5. The van der Waals surface area contributed by atoms with Crippen molar-refractivity contribution in [3.05, 3.63) is 58.1 Å². The first-order valence-corrected chi connectivity index (χ1v) is 8.53. The van der Waals surface area contributed by atoms with Gasteiger partial charge in [-0.05, 0) is 30.3 Å². The molecule has 2 aromatic rings. The van der Waals surface area contributed by atoms with Gasteiger partial charge in [-0.3, -0.25) is 9.10 Å². The molecule has 2 N–H and O–H groups in total. The number of rotatable bonds is 5. The SMILES string of the molecule is NC(=O)CN(c1ccc(F)cc1F)S(=O)(=O)c1cc(Cl)ccc1Cl. The molecule has 24 heavy (non-hydrogen) atoms. The maximum absolute atomic E-state index is 14.0. The van der Waals surface area contributed by atoms with Gasteiger partial charge in [-0.25, -0.2) is 17.2 Å². The lowest BCUT2D eigenvalue weighted by Crippen LogP contribution is -2.39. The number of anilines is 1. The molecule has 0 heterocycles. The zero-order chi connectivity index (χ0) is 18.1. The van der Waals surface area contributed by atoms with Crippen molar-refractivity contribution >= 4 is 44.8 Å². The van der Waals surface area contributed by atoms with Crippen molar-refractivity contribution in [3.8, 4) is 0 Å². The Hall–Kier alpha value is -1.90. The zero-order valence-electron chi connectivity index (χ0n) is 11.8. The van der Waals surface area contributed by atoms with Crippen LogP contribution in [0.4, 0.5) is 14.5 Å². The number of amides is 1. The van der Waals surface area contributed by atoms with Gasteiger partial charge < -0.3 is 5.73 Å². The number of sulfonamides is 1. The van der Waals surface area contributed by atoms with E-state index in [2.05, 4.69) is 0 Å². The predicted molar refractivity (Wildman–Crippen MR) is 86.5 cm³/mol. The van der Waals surface area contributed by atoms with Crippen molar-refractivity contribution in [1.29, 1.82) is 0 Å². The van der Waals surface area contributed by atoms with E-state index < -0.39 is 44.7 Å². The monoisotopic (exact) mass is 394 g/mol. The Morgan fingerprint density at radius 2 is 1.79 bits per heavy atom. The zero-order valence-corrected chi connectivity index (χ0v) is 14.2. The molecule has 128 valence electrons. The number of hydrogen-bond acceptors (Lipinski definition) is 3. The van der Waals surface area contributed by atoms with E-state index in [-0.39, 0.29) is 10.0 Å². The van der Waals surface area contributed by atoms with Crippen molar-refractivity contribution in [3.63, 3.8) is 0 Å². The molecule has 0 fully saturated rings. The maximum atomic E-state index is 14.0. The smallest absolute Gasteiger partial charge is 0.266 e. The van der Waals surface area contributed by atoms with Gasteiger partial charge in [-0.1, -0.05) is 23.2 Å². The lowest BCUT2D eigenvalue weighted by atomic mass is 10.3. The highest BCUT2D eigenvalue weighted by molar-refractivity contribution is 7.93. The first-order valence-electron chi connectivity index (χ1n) is 6.34. The minimum Gasteiger partial charge on any atom is -0.368 e. The van der Waals surface area contributed by atoms with E-state index in [4.69, 9.17) is 28.9 Å². The molecule has 0 aliphatic rings. The van der Waals surface area contributed by atoms with E-state index in [1.807, 2.05) is 0 Å². The number of primary amides is 1. The summed E-state index contributed by atoms with van der Waals surface area (Å²) in [6.45, 7) is -0.867. The summed E-state index contributed by atoms with van der Waals surface area (Å²) in [5, 5.41) is -0.118. The van der Waals surface area contributed by atoms with Crippen molar-refractivity contribution < 1.29 is 22.0 Å². The van der Waals surface area contributed by atoms with Crippen LogP contribution in [0, 0.1) is 11.6 Å². The Balaban J connectivity index is 2.66. The van der Waals surface area contributed by atoms with Crippen LogP contribution in [-0.4, -0.2) is 20.9 Å². The molecule has 0 saturated heterocycles. The second-order valence-electron chi connectivity index (χ2n) is 4.65. The van der Waals surface area contributed by atoms with Gasteiger partial charge in [0.25, 0.3) is 10.0 Å². The second kappa shape index (κ2) is 6.92. The standard InChI is InChI=1S/C14H10Cl2F2N2O3S/c15-8-1-3-10(16)13(5-8)24(22,23)20(7-14(19)21)12-4-2-9(17)6-11(12)18/h1-6H,7H2,(H2,19,21). The minimum atomic E-state index is -4.48. The molecule has 0 aliphatic heterocycles. The van der Waals surface area contributed by atoms with Crippen molar-refractivity contribution in [1.82, 2.24) is 0 Å². The summed E-state index contributed by atoms with van der Waals surface area (Å²) in [7, 11) is -4.48. The number of carbonyl (C=O) groups excluding carboxylic acids is 1. The van der Waals surface area contributed by atoms with Crippen LogP contribution in [-0.2, 0) is 14.8 Å². The second-order valence-corrected chi connectivity index (χ2v) is 7.32. The third-order valence-electron chi connectivity index (χ3n) is 2.94. The predicted octanol–water partition coefficient (Wildman–Crippen LogP) is 2.95. The number of nitrogens with zero attached hydrogens (tertiary/aromatic N) is 1. The number of carbonyl (C=O) groups is 1. The van der Waals surface area contributed by atoms with Crippen LogP contribution in [0.5, 0.6) is 0 Å². The molecule has 5 nitrogen and oxygen atoms in total. The van der Waals surface area contributed by atoms with Gasteiger partial charge in [0.1, 0.15) is 23.1 Å². The van der Waals surface area contributed by atoms with Crippen LogP contribution in [0.3, 0.4) is 0 Å². The van der Waals surface area contributed by atoms with Crippen molar-refractivity contribution in [2.24, 2.45) is 5.73 Å². The summed E-state index contributed by atoms with van der Waals surface area (Å²) in [4.78, 5) is 10.8. The summed E-state index contributed by atoms with van der Waals surface area (Å²) in [6, 6.07) is 5.86. The normalized spacial score (nSPS) is 11.3. The molecule has 0 aliphatic carbocycles. The third kappa shape index (κ3) is 3.77. The summed E-state index contributed by atoms with van der Waals surface area (Å²) in [5.74, 6) is -3.13. The van der Waals surface area contributed by atoms with E-state index in [9.17, 15) is 22.0 Å². The summed E-state index contributed by atoms with van der Waals surface area (Å²) >= 11 is 11.7. The lowest BCUT2D eigenvalue weighted by Gasteiger charge is -2.24. The van der Waals surface area contributed by atoms with Crippen LogP contribution < -0.4 is 10.0 Å². The van der Waals surface area contributed by atoms with Gasteiger partial charge >= 0.3 is 0 Å². The molecule has 0 bridgehead atoms. The Labute approximate surface area is 146 Å². The number of halogens is 4. The number of nitrogens with two attached hydrogens (primary N) is 1. The van der Waals surface area contributed by atoms with Crippen LogP contribution in [0.2, 0.25) is 10.0 Å². The Bertz CT molecular complexity index is 907. The molecule has 2 aromatic carbocycles. The molecule has 1 amide bonds. The fraction of sp³-hybridized carbons (Fsp3) is 0.0714. The van der Waals surface area contributed by atoms with E-state index in [1.54, 1.807) is 0 Å². The largest absolute Gasteiger partial charge is 0.368 e. The average molecular weight is 395 g/mol. The summed E-state index contributed by atoms with van der Waals surface area (Å²) in [6.07, 6.45) is 0. The first-order chi connectivity index (χ1) is 11.1. The highest BCUT2D eigenvalue weighted by Crippen LogP contribution is 2.31. The Morgan fingerprint density at radius 1 is 1.12 bits per heavy atom. The van der Waals surface area contributed by atoms with Crippen molar-refractivity contribution in [2.45, 2.75) is 4.90 Å². The molecule has 0 aromatic heterocycles. The maximum Gasteiger partial charge on any atom is 0.266 e. The molecule has 10 heteroatoms. The van der Waals surface area contributed by atoms with E-state index in [0.29, 0.717) is 10.4 Å². The Kier molecular flexibility index (Phi) is 5.32. The molecular weight excluding hydrogens is 385 g/mol. The highest BCUT2D eigenvalue weighted by Gasteiger charge is 2.30. The molecule has 0 radical (unpaired) electrons. The molecule has 2 rings (SSSR count). The molecule has 0 atom stereocenters. The van der Waals surface area contributed by atoms with E-state index in [0.717, 1.165) is 18.2 Å². The van der Waals surface area contributed by atoms with Gasteiger partial charge in [0, 0.05) is 11.1 Å². The van der Waals surface area contributed by atoms with Crippen LogP contribution in [0.25, 0.3) is 0 Å². The minimum absolute atomic E-state index is 0.0663. The van der Waals surface area contributed by atoms with Gasteiger partial charge in [0.2, 0.25) is 5.91 Å². The van der Waals surface area contributed by atoms with Gasteiger partial charge in [0.15, 0.2) is 0 Å². The Morgan fingerprint density at radius 3 is 2.38 bits per heavy atom. The molecule has 0 saturated carbocycles. The van der Waals surface area contributed by atoms with Gasteiger partial charge in [-0.2, -0.15) is 0 Å². The number of benzene rings is 2. The van der Waals surface area contributed by atoms with Crippen molar-refractivity contribution in [2.75, 3.05) is 10.8 Å². The van der Waals surface area contributed by atoms with Gasteiger partial charge in [0.05, 0.1) is 10.7 Å². The fourth-order valence-electron chi connectivity index (χ4n) is 1.92. The van der Waals surface area contributed by atoms with Gasteiger partial charge in [-0.15, -0.1) is 0 Å². The van der Waals surface area contributed by atoms with Crippen LogP contribution >= 0.6 is 23.2 Å². The topological polar surface area (TPSA) is 80.5 Å². The summed E-state index contributed by atoms with van der Waals surface area (Å²) in [5.41, 5.74) is 4.50. The molecule has 0 unspecified atom stereocenters. The lowest BCUT2D eigenvalue weighted by molar-refractivity contribution is -0.116. The molecule has 0 spiro atoms.